The van der Waals surface area contributed by atoms with Crippen LogP contribution in [0.25, 0.3) is 10.9 Å². The predicted octanol–water partition coefficient (Wildman–Crippen LogP) is 5.41. The van der Waals surface area contributed by atoms with Crippen LogP contribution in [0.1, 0.15) is 5.56 Å². The average Bonchev–Trinajstić information content (AvgIpc) is 3.10. The first-order chi connectivity index (χ1) is 15.2. The first-order valence-electron chi connectivity index (χ1n) is 9.88. The summed E-state index contributed by atoms with van der Waals surface area (Å²) in [6.07, 6.45) is 0.177. The zero-order valence-corrected chi connectivity index (χ0v) is 17.3. The van der Waals surface area contributed by atoms with Gasteiger partial charge in [0, 0.05) is 33.1 Å². The molecule has 5 nitrogen and oxygen atoms in total. The van der Waals surface area contributed by atoms with Gasteiger partial charge in [-0.3, -0.25) is 4.79 Å². The highest BCUT2D eigenvalue weighted by Crippen LogP contribution is 2.36. The van der Waals surface area contributed by atoms with Gasteiger partial charge in [0.2, 0.25) is 5.91 Å². The molecule has 0 spiro atoms. The Kier molecular flexibility index (Phi) is 5.26. The lowest BCUT2D eigenvalue weighted by Gasteiger charge is -2.19. The molecular formula is C24H19FN2O3S. The zero-order valence-electron chi connectivity index (χ0n) is 16.5. The minimum atomic E-state index is -0.293. The highest BCUT2D eigenvalue weighted by Gasteiger charge is 2.17. The van der Waals surface area contributed by atoms with Crippen molar-refractivity contribution in [2.45, 2.75) is 16.3 Å². The molecule has 0 saturated heterocycles. The Bertz CT molecular complexity index is 1270. The van der Waals surface area contributed by atoms with Crippen LogP contribution in [-0.2, 0) is 11.2 Å². The molecule has 1 aliphatic rings. The Balaban J connectivity index is 1.40. The first-order valence-corrected chi connectivity index (χ1v) is 10.7. The molecular weight excluding hydrogens is 415 g/mol. The van der Waals surface area contributed by atoms with E-state index in [-0.39, 0.29) is 18.1 Å². The number of benzene rings is 3. The molecule has 0 radical (unpaired) electrons. The van der Waals surface area contributed by atoms with Gasteiger partial charge in [-0.15, -0.1) is 0 Å². The number of hydrogen-bond acceptors (Lipinski definition) is 4. The lowest BCUT2D eigenvalue weighted by molar-refractivity contribution is -0.115. The van der Waals surface area contributed by atoms with Crippen LogP contribution in [0.3, 0.4) is 0 Å². The maximum Gasteiger partial charge on any atom is 0.228 e. The smallest absolute Gasteiger partial charge is 0.228 e. The second-order valence-electron chi connectivity index (χ2n) is 7.12. The third kappa shape index (κ3) is 4.22. The summed E-state index contributed by atoms with van der Waals surface area (Å²) in [7, 11) is 0. The van der Waals surface area contributed by atoms with Gasteiger partial charge >= 0.3 is 0 Å². The number of H-pyrrole nitrogens is 1. The van der Waals surface area contributed by atoms with Gasteiger partial charge in [-0.1, -0.05) is 36.0 Å². The van der Waals surface area contributed by atoms with Crippen molar-refractivity contribution in [1.82, 2.24) is 4.98 Å². The van der Waals surface area contributed by atoms with E-state index in [1.807, 2.05) is 30.3 Å². The summed E-state index contributed by atoms with van der Waals surface area (Å²) in [6.45, 7) is 1.01. The van der Waals surface area contributed by atoms with Crippen molar-refractivity contribution in [2.24, 2.45) is 0 Å². The molecule has 1 amide bonds. The summed E-state index contributed by atoms with van der Waals surface area (Å²) >= 11 is 1.41. The van der Waals surface area contributed by atoms with Crippen molar-refractivity contribution in [2.75, 3.05) is 18.5 Å². The zero-order chi connectivity index (χ0) is 21.2. The molecule has 7 heteroatoms. The molecule has 3 aromatic carbocycles. The minimum Gasteiger partial charge on any atom is -0.486 e. The van der Waals surface area contributed by atoms with Crippen molar-refractivity contribution in [3.63, 3.8) is 0 Å². The molecule has 156 valence electrons. The molecule has 2 heterocycles. The fourth-order valence-corrected chi connectivity index (χ4v) is 4.59. The summed E-state index contributed by atoms with van der Waals surface area (Å²) in [5.74, 6) is 0.856. The van der Waals surface area contributed by atoms with Crippen LogP contribution in [0.2, 0.25) is 0 Å². The number of halogens is 1. The standard InChI is InChI=1S/C24H19FN2O3S/c25-15-4-3-5-17(12-15)31-24-19(18-6-1-2-7-20(18)27-24)14-23(28)26-16-8-9-21-22(13-16)30-11-10-29-21/h1-9,12-13,27H,10-11,14H2,(H,26,28). The number of hydrogen-bond donors (Lipinski definition) is 2. The summed E-state index contributed by atoms with van der Waals surface area (Å²) < 4.78 is 24.8. The number of para-hydroxylation sites is 1. The Hall–Kier alpha value is -3.45. The number of fused-ring (bicyclic) bond motifs is 2. The Morgan fingerprint density at radius 2 is 1.84 bits per heavy atom. The van der Waals surface area contributed by atoms with Crippen molar-refractivity contribution in [3.8, 4) is 11.5 Å². The average molecular weight is 434 g/mol. The number of nitrogens with one attached hydrogen (secondary N) is 2. The normalized spacial score (nSPS) is 12.7. The SMILES string of the molecule is O=C(Cc1c(Sc2cccc(F)c2)[nH]c2ccccc12)Nc1ccc2c(c1)OCCO2. The number of carbonyl (C=O) groups is 1. The van der Waals surface area contributed by atoms with E-state index in [1.54, 1.807) is 24.3 Å². The van der Waals surface area contributed by atoms with Crippen LogP contribution in [-0.4, -0.2) is 24.1 Å². The summed E-state index contributed by atoms with van der Waals surface area (Å²) in [5.41, 5.74) is 2.46. The van der Waals surface area contributed by atoms with E-state index in [0.717, 1.165) is 26.4 Å². The van der Waals surface area contributed by atoms with Gasteiger partial charge < -0.3 is 19.8 Å². The van der Waals surface area contributed by atoms with Crippen LogP contribution in [0.5, 0.6) is 11.5 Å². The highest BCUT2D eigenvalue weighted by molar-refractivity contribution is 7.99. The lowest BCUT2D eigenvalue weighted by atomic mass is 10.1. The molecule has 0 unspecified atom stereocenters. The van der Waals surface area contributed by atoms with Crippen molar-refractivity contribution >= 4 is 34.3 Å². The molecule has 0 atom stereocenters. The third-order valence-corrected chi connectivity index (χ3v) is 6.00. The Morgan fingerprint density at radius 3 is 2.71 bits per heavy atom. The van der Waals surface area contributed by atoms with Gasteiger partial charge in [-0.05, 0) is 36.4 Å². The Labute approximate surface area is 182 Å². The van der Waals surface area contributed by atoms with Gasteiger partial charge in [-0.2, -0.15) is 0 Å². The molecule has 0 aliphatic carbocycles. The molecule has 4 aromatic rings. The molecule has 0 fully saturated rings. The lowest BCUT2D eigenvalue weighted by Crippen LogP contribution is -2.17. The number of anilines is 1. The number of carbonyl (C=O) groups excluding carboxylic acids is 1. The van der Waals surface area contributed by atoms with Crippen LogP contribution in [0.4, 0.5) is 10.1 Å². The van der Waals surface area contributed by atoms with Gasteiger partial charge in [0.15, 0.2) is 11.5 Å². The predicted molar refractivity (Wildman–Crippen MR) is 119 cm³/mol. The number of ether oxygens (including phenoxy) is 2. The van der Waals surface area contributed by atoms with E-state index in [1.165, 1.54) is 23.9 Å². The van der Waals surface area contributed by atoms with E-state index in [2.05, 4.69) is 10.3 Å². The number of rotatable bonds is 5. The first kappa shape index (κ1) is 19.5. The van der Waals surface area contributed by atoms with Gasteiger partial charge in [0.1, 0.15) is 19.0 Å². The maximum atomic E-state index is 13.6. The van der Waals surface area contributed by atoms with E-state index in [9.17, 15) is 9.18 Å². The van der Waals surface area contributed by atoms with Gasteiger partial charge in [0.25, 0.3) is 0 Å². The summed E-state index contributed by atoms with van der Waals surface area (Å²) in [6, 6.07) is 19.6. The van der Waals surface area contributed by atoms with Gasteiger partial charge in [0.05, 0.1) is 11.4 Å². The van der Waals surface area contributed by atoms with E-state index < -0.39 is 0 Å². The fourth-order valence-electron chi connectivity index (χ4n) is 3.57. The van der Waals surface area contributed by atoms with Crippen LogP contribution >= 0.6 is 11.8 Å². The van der Waals surface area contributed by atoms with Crippen LogP contribution in [0.15, 0.2) is 76.7 Å². The molecule has 1 aliphatic heterocycles. The highest BCUT2D eigenvalue weighted by atomic mass is 32.2. The quantitative estimate of drug-likeness (QED) is 0.441. The fraction of sp³-hybridized carbons (Fsp3) is 0.125. The molecule has 0 saturated carbocycles. The van der Waals surface area contributed by atoms with E-state index >= 15 is 0 Å². The number of aromatic nitrogens is 1. The van der Waals surface area contributed by atoms with Gasteiger partial charge in [-0.25, -0.2) is 4.39 Å². The molecule has 31 heavy (non-hydrogen) atoms. The largest absolute Gasteiger partial charge is 0.486 e. The summed E-state index contributed by atoms with van der Waals surface area (Å²) in [5, 5.41) is 4.73. The minimum absolute atomic E-state index is 0.150. The third-order valence-electron chi connectivity index (χ3n) is 4.95. The molecule has 5 rings (SSSR count). The molecule has 0 bridgehead atoms. The number of aromatic amines is 1. The summed E-state index contributed by atoms with van der Waals surface area (Å²) in [4.78, 5) is 17.0. The van der Waals surface area contributed by atoms with E-state index in [4.69, 9.17) is 9.47 Å². The second-order valence-corrected chi connectivity index (χ2v) is 8.20. The van der Waals surface area contributed by atoms with Crippen molar-refractivity contribution in [1.29, 1.82) is 0 Å². The number of amides is 1. The molecule has 2 N–H and O–H groups in total. The molecule has 1 aromatic heterocycles. The maximum absolute atomic E-state index is 13.6. The van der Waals surface area contributed by atoms with Crippen molar-refractivity contribution < 1.29 is 18.7 Å². The van der Waals surface area contributed by atoms with Crippen LogP contribution in [0, 0.1) is 5.82 Å². The second kappa shape index (κ2) is 8.35. The monoisotopic (exact) mass is 434 g/mol. The topological polar surface area (TPSA) is 63.4 Å². The Morgan fingerprint density at radius 1 is 1.00 bits per heavy atom. The van der Waals surface area contributed by atoms with Crippen LogP contribution < -0.4 is 14.8 Å². The van der Waals surface area contributed by atoms with Crippen molar-refractivity contribution in [3.05, 3.63) is 78.1 Å². The van der Waals surface area contributed by atoms with E-state index in [0.29, 0.717) is 30.4 Å².